The number of nitrogens with one attached hydrogen (secondary N) is 1. The van der Waals surface area contributed by atoms with Crippen molar-refractivity contribution in [3.05, 3.63) is 28.2 Å². The van der Waals surface area contributed by atoms with Crippen molar-refractivity contribution in [2.45, 2.75) is 12.6 Å². The van der Waals surface area contributed by atoms with Crippen LogP contribution in [0.4, 0.5) is 18.9 Å². The monoisotopic (exact) mass is 323 g/mol. The van der Waals surface area contributed by atoms with Gasteiger partial charge in [-0.2, -0.15) is 13.2 Å². The number of alkyl halides is 3. The first-order chi connectivity index (χ1) is 8.20. The molecule has 0 radical (unpaired) electrons. The number of anilines is 1. The zero-order valence-electron chi connectivity index (χ0n) is 9.68. The van der Waals surface area contributed by atoms with E-state index >= 15 is 0 Å². The highest BCUT2D eigenvalue weighted by molar-refractivity contribution is 9.10. The Balaban J connectivity index is 2.91. The van der Waals surface area contributed by atoms with Gasteiger partial charge < -0.3 is 10.6 Å². The number of benzene rings is 1. The SMILES string of the molecule is CN(CCC(F)(F)F)c1ccc(Br)cc1C(=N)N. The van der Waals surface area contributed by atoms with E-state index < -0.39 is 12.6 Å². The summed E-state index contributed by atoms with van der Waals surface area (Å²) in [6.45, 7) is -0.175. The first kappa shape index (κ1) is 14.8. The molecule has 100 valence electrons. The molecule has 0 aliphatic heterocycles. The van der Waals surface area contributed by atoms with Crippen molar-refractivity contribution >= 4 is 27.5 Å². The number of rotatable bonds is 4. The normalized spacial score (nSPS) is 11.4. The van der Waals surface area contributed by atoms with E-state index in [1.54, 1.807) is 25.2 Å². The highest BCUT2D eigenvalue weighted by atomic mass is 79.9. The molecular weight excluding hydrogens is 311 g/mol. The van der Waals surface area contributed by atoms with Crippen LogP contribution in [-0.4, -0.2) is 25.6 Å². The summed E-state index contributed by atoms with van der Waals surface area (Å²) in [5.41, 5.74) is 6.34. The van der Waals surface area contributed by atoms with E-state index in [1.807, 2.05) is 0 Å². The summed E-state index contributed by atoms with van der Waals surface area (Å²) in [6, 6.07) is 4.95. The third kappa shape index (κ3) is 4.21. The van der Waals surface area contributed by atoms with Crippen molar-refractivity contribution < 1.29 is 13.2 Å². The predicted octanol–water partition coefficient (Wildman–Crippen LogP) is 3.12. The lowest BCUT2D eigenvalue weighted by Gasteiger charge is -2.23. The van der Waals surface area contributed by atoms with Crippen LogP contribution < -0.4 is 10.6 Å². The van der Waals surface area contributed by atoms with Gasteiger partial charge in [-0.05, 0) is 18.2 Å². The molecule has 0 saturated carbocycles. The van der Waals surface area contributed by atoms with E-state index in [9.17, 15) is 13.2 Å². The number of nitrogens with two attached hydrogens (primary N) is 1. The predicted molar refractivity (Wildman–Crippen MR) is 69.1 cm³/mol. The summed E-state index contributed by atoms with van der Waals surface area (Å²) in [5.74, 6) is -0.176. The second-order valence-corrected chi connectivity index (χ2v) is 4.78. The van der Waals surface area contributed by atoms with E-state index in [4.69, 9.17) is 11.1 Å². The fourth-order valence-electron chi connectivity index (χ4n) is 1.47. The average Bonchev–Trinajstić information content (AvgIpc) is 2.24. The minimum absolute atomic E-state index is 0.175. The molecule has 1 rings (SSSR count). The Morgan fingerprint density at radius 3 is 2.56 bits per heavy atom. The van der Waals surface area contributed by atoms with Crippen LogP contribution in [0.25, 0.3) is 0 Å². The third-order valence-corrected chi connectivity index (χ3v) is 2.88. The van der Waals surface area contributed by atoms with E-state index in [2.05, 4.69) is 15.9 Å². The second kappa shape index (κ2) is 5.60. The molecule has 3 nitrogen and oxygen atoms in total. The second-order valence-electron chi connectivity index (χ2n) is 3.86. The van der Waals surface area contributed by atoms with Crippen molar-refractivity contribution in [2.24, 2.45) is 5.73 Å². The van der Waals surface area contributed by atoms with Gasteiger partial charge >= 0.3 is 6.18 Å². The maximum atomic E-state index is 12.2. The van der Waals surface area contributed by atoms with Gasteiger partial charge in [-0.15, -0.1) is 0 Å². The maximum absolute atomic E-state index is 12.2. The first-order valence-electron chi connectivity index (χ1n) is 5.12. The van der Waals surface area contributed by atoms with Gasteiger partial charge in [-0.3, -0.25) is 5.41 Å². The third-order valence-electron chi connectivity index (χ3n) is 2.39. The Bertz CT molecular complexity index is 446. The van der Waals surface area contributed by atoms with Crippen LogP contribution in [0.2, 0.25) is 0 Å². The summed E-state index contributed by atoms with van der Waals surface area (Å²) in [7, 11) is 1.54. The highest BCUT2D eigenvalue weighted by Gasteiger charge is 2.27. The summed E-state index contributed by atoms with van der Waals surface area (Å²) >= 11 is 3.23. The number of hydrogen-bond donors (Lipinski definition) is 2. The van der Waals surface area contributed by atoms with Gasteiger partial charge in [0.05, 0.1) is 6.42 Å². The van der Waals surface area contributed by atoms with Crippen molar-refractivity contribution in [1.82, 2.24) is 0 Å². The lowest BCUT2D eigenvalue weighted by Crippen LogP contribution is -2.26. The Morgan fingerprint density at radius 1 is 1.44 bits per heavy atom. The fourth-order valence-corrected chi connectivity index (χ4v) is 1.83. The van der Waals surface area contributed by atoms with E-state index in [0.717, 1.165) is 4.47 Å². The van der Waals surface area contributed by atoms with Crippen molar-refractivity contribution in [3.63, 3.8) is 0 Å². The molecule has 0 spiro atoms. The summed E-state index contributed by atoms with van der Waals surface area (Å²) < 4.78 is 37.2. The Kier molecular flexibility index (Phi) is 4.61. The molecule has 18 heavy (non-hydrogen) atoms. The zero-order valence-corrected chi connectivity index (χ0v) is 11.3. The minimum atomic E-state index is -4.19. The van der Waals surface area contributed by atoms with Crippen LogP contribution >= 0.6 is 15.9 Å². The molecule has 1 aromatic rings. The van der Waals surface area contributed by atoms with Gasteiger partial charge in [0.25, 0.3) is 0 Å². The maximum Gasteiger partial charge on any atom is 0.390 e. The van der Waals surface area contributed by atoms with E-state index in [-0.39, 0.29) is 12.4 Å². The van der Waals surface area contributed by atoms with Crippen LogP contribution in [-0.2, 0) is 0 Å². The van der Waals surface area contributed by atoms with Gasteiger partial charge in [0.2, 0.25) is 0 Å². The molecule has 0 bridgehead atoms. The fraction of sp³-hybridized carbons (Fsp3) is 0.364. The Morgan fingerprint density at radius 2 is 2.06 bits per heavy atom. The Labute approximate surface area is 111 Å². The summed E-state index contributed by atoms with van der Waals surface area (Å²) in [4.78, 5) is 1.44. The molecule has 0 amide bonds. The van der Waals surface area contributed by atoms with Crippen molar-refractivity contribution in [3.8, 4) is 0 Å². The summed E-state index contributed by atoms with van der Waals surface area (Å²) in [6.07, 6.45) is -5.10. The molecule has 0 aliphatic rings. The van der Waals surface area contributed by atoms with Gasteiger partial charge in [-0.1, -0.05) is 15.9 Å². The number of nitrogens with zero attached hydrogens (tertiary/aromatic N) is 1. The van der Waals surface area contributed by atoms with E-state index in [0.29, 0.717) is 11.3 Å². The Hall–Kier alpha value is -1.24. The molecule has 0 unspecified atom stereocenters. The van der Waals surface area contributed by atoms with Gasteiger partial charge in [0.15, 0.2) is 0 Å². The molecule has 3 N–H and O–H groups in total. The van der Waals surface area contributed by atoms with Crippen molar-refractivity contribution in [2.75, 3.05) is 18.5 Å². The lowest BCUT2D eigenvalue weighted by molar-refractivity contribution is -0.132. The molecule has 0 saturated heterocycles. The average molecular weight is 324 g/mol. The van der Waals surface area contributed by atoms with Crippen LogP contribution in [0.5, 0.6) is 0 Å². The van der Waals surface area contributed by atoms with Crippen LogP contribution in [0, 0.1) is 5.41 Å². The summed E-state index contributed by atoms with van der Waals surface area (Å²) in [5, 5.41) is 7.43. The molecule has 0 atom stereocenters. The van der Waals surface area contributed by atoms with E-state index in [1.165, 1.54) is 4.90 Å². The molecule has 0 aliphatic carbocycles. The van der Waals surface area contributed by atoms with Crippen molar-refractivity contribution in [1.29, 1.82) is 5.41 Å². The molecule has 1 aromatic carbocycles. The smallest absolute Gasteiger partial charge is 0.384 e. The molecule has 7 heteroatoms. The molecule has 0 aromatic heterocycles. The van der Waals surface area contributed by atoms with Gasteiger partial charge in [-0.25, -0.2) is 0 Å². The topological polar surface area (TPSA) is 53.1 Å². The lowest BCUT2D eigenvalue weighted by atomic mass is 10.1. The largest absolute Gasteiger partial charge is 0.390 e. The number of hydrogen-bond acceptors (Lipinski definition) is 2. The van der Waals surface area contributed by atoms with Crippen LogP contribution in [0.15, 0.2) is 22.7 Å². The minimum Gasteiger partial charge on any atom is -0.384 e. The zero-order chi connectivity index (χ0) is 13.9. The molecule has 0 fully saturated rings. The van der Waals surface area contributed by atoms with Gasteiger partial charge in [0.1, 0.15) is 5.84 Å². The quantitative estimate of drug-likeness (QED) is 0.660. The van der Waals surface area contributed by atoms with Gasteiger partial charge in [0, 0.05) is 29.3 Å². The van der Waals surface area contributed by atoms with Crippen LogP contribution in [0.1, 0.15) is 12.0 Å². The number of nitrogen functional groups attached to an aromatic ring is 1. The molecule has 0 heterocycles. The first-order valence-corrected chi connectivity index (χ1v) is 5.92. The highest BCUT2D eigenvalue weighted by Crippen LogP contribution is 2.26. The van der Waals surface area contributed by atoms with Crippen LogP contribution in [0.3, 0.4) is 0 Å². The number of halogens is 4. The molecular formula is C11H13BrF3N3. The number of amidine groups is 1. The standard InChI is InChI=1S/C11H13BrF3N3/c1-18(5-4-11(13,14)15)9-3-2-7(12)6-8(9)10(16)17/h2-3,6H,4-5H2,1H3,(H3,16,17).